The van der Waals surface area contributed by atoms with Crippen LogP contribution in [-0.4, -0.2) is 43.1 Å². The van der Waals surface area contributed by atoms with Crippen molar-refractivity contribution in [2.75, 3.05) is 31.8 Å². The van der Waals surface area contributed by atoms with E-state index in [-0.39, 0.29) is 11.0 Å². The van der Waals surface area contributed by atoms with Gasteiger partial charge in [-0.15, -0.1) is 11.3 Å². The molecule has 6 nitrogen and oxygen atoms in total. The molecule has 0 aliphatic rings. The van der Waals surface area contributed by atoms with Crippen molar-refractivity contribution >= 4 is 74.6 Å². The average Bonchev–Trinajstić information content (AvgIpc) is 3.10. The van der Waals surface area contributed by atoms with Gasteiger partial charge in [0.15, 0.2) is 5.11 Å². The second-order valence-electron chi connectivity index (χ2n) is 7.08. The van der Waals surface area contributed by atoms with Gasteiger partial charge in [-0.2, -0.15) is 0 Å². The molecular formula is C23H22ClN3O3S3. The van der Waals surface area contributed by atoms with Crippen LogP contribution in [-0.2, 0) is 4.74 Å². The average molecular weight is 520 g/mol. The summed E-state index contributed by atoms with van der Waals surface area (Å²) >= 11 is 14.2. The molecule has 172 valence electrons. The van der Waals surface area contributed by atoms with E-state index in [0.29, 0.717) is 26.0 Å². The summed E-state index contributed by atoms with van der Waals surface area (Å²) in [5.41, 5.74) is 1.64. The molecule has 0 spiro atoms. The Kier molecular flexibility index (Phi) is 8.36. The van der Waals surface area contributed by atoms with E-state index in [4.69, 9.17) is 28.6 Å². The van der Waals surface area contributed by atoms with Crippen molar-refractivity contribution in [2.45, 2.75) is 16.7 Å². The Balaban J connectivity index is 1.84. The summed E-state index contributed by atoms with van der Waals surface area (Å²) in [6.07, 6.45) is 0. The summed E-state index contributed by atoms with van der Waals surface area (Å²) in [6.45, 7) is 1.72. The van der Waals surface area contributed by atoms with Crippen molar-refractivity contribution < 1.29 is 14.3 Å². The number of para-hydroxylation sites is 1. The second-order valence-corrected chi connectivity index (χ2v) is 10.1. The largest absolute Gasteiger partial charge is 0.465 e. The minimum absolute atomic E-state index is 0.195. The van der Waals surface area contributed by atoms with Crippen molar-refractivity contribution in [1.29, 1.82) is 0 Å². The maximum Gasteiger partial charge on any atom is 0.341 e. The zero-order chi connectivity index (χ0) is 24.1. The third kappa shape index (κ3) is 6.05. The number of thiocarbonyl (C=S) groups is 1. The van der Waals surface area contributed by atoms with Gasteiger partial charge in [-0.1, -0.05) is 35.5 Å². The van der Waals surface area contributed by atoms with E-state index < -0.39 is 5.97 Å². The number of nitrogens with one attached hydrogen (secondary N) is 2. The van der Waals surface area contributed by atoms with Crippen molar-refractivity contribution in [3.8, 4) is 0 Å². The van der Waals surface area contributed by atoms with E-state index in [2.05, 4.69) is 10.6 Å². The molecule has 3 rings (SSSR count). The summed E-state index contributed by atoms with van der Waals surface area (Å²) in [4.78, 5) is 28.9. The molecule has 1 aromatic heterocycles. The summed E-state index contributed by atoms with van der Waals surface area (Å²) in [5.74, 6) is -0.732. The maximum atomic E-state index is 12.6. The van der Waals surface area contributed by atoms with Crippen LogP contribution >= 0.6 is 46.9 Å². The van der Waals surface area contributed by atoms with Crippen LogP contribution in [0, 0.1) is 6.92 Å². The highest BCUT2D eigenvalue weighted by Gasteiger charge is 2.26. The lowest BCUT2D eigenvalue weighted by atomic mass is 10.1. The van der Waals surface area contributed by atoms with Gasteiger partial charge in [0.2, 0.25) is 0 Å². The number of carbonyl (C=O) groups is 2. The Labute approximate surface area is 211 Å². The number of carbonyl (C=O) groups excluding carboxylic acids is 2. The molecule has 10 heteroatoms. The maximum absolute atomic E-state index is 12.6. The first-order chi connectivity index (χ1) is 15.7. The van der Waals surface area contributed by atoms with E-state index >= 15 is 0 Å². The number of benzene rings is 2. The first-order valence-electron chi connectivity index (χ1n) is 9.75. The molecule has 0 aliphatic heterocycles. The Bertz CT molecular complexity index is 1190. The van der Waals surface area contributed by atoms with Gasteiger partial charge in [-0.25, -0.2) is 4.79 Å². The minimum Gasteiger partial charge on any atom is -0.465 e. The summed E-state index contributed by atoms with van der Waals surface area (Å²) < 4.78 is 4.93. The number of hydrogen-bond donors (Lipinski definition) is 2. The van der Waals surface area contributed by atoms with Crippen LogP contribution in [0.25, 0.3) is 0 Å². The minimum atomic E-state index is -0.537. The number of thiophene rings is 1. The van der Waals surface area contributed by atoms with Crippen LogP contribution in [0.2, 0.25) is 5.02 Å². The lowest BCUT2D eigenvalue weighted by molar-refractivity contribution is 0.0601. The van der Waals surface area contributed by atoms with Crippen LogP contribution in [0.1, 0.15) is 25.6 Å². The highest BCUT2D eigenvalue weighted by Crippen LogP contribution is 2.36. The number of esters is 1. The predicted molar refractivity (Wildman–Crippen MR) is 140 cm³/mol. The molecule has 3 aromatic rings. The molecule has 1 amide bonds. The van der Waals surface area contributed by atoms with Gasteiger partial charge in [-0.05, 0) is 61.1 Å². The molecular weight excluding hydrogens is 498 g/mol. The van der Waals surface area contributed by atoms with Gasteiger partial charge in [0, 0.05) is 28.9 Å². The number of methoxy groups -OCH3 is 1. The molecule has 33 heavy (non-hydrogen) atoms. The number of halogens is 1. The van der Waals surface area contributed by atoms with Crippen LogP contribution in [0.15, 0.2) is 58.3 Å². The molecule has 0 fully saturated rings. The predicted octanol–water partition coefficient (Wildman–Crippen LogP) is 6.16. The highest BCUT2D eigenvalue weighted by molar-refractivity contribution is 7.99. The van der Waals surface area contributed by atoms with E-state index in [1.807, 2.05) is 48.5 Å². The summed E-state index contributed by atoms with van der Waals surface area (Å²) in [5, 5.41) is 7.67. The van der Waals surface area contributed by atoms with Crippen LogP contribution in [0.3, 0.4) is 0 Å². The molecule has 0 radical (unpaired) electrons. The van der Waals surface area contributed by atoms with Gasteiger partial charge in [0.25, 0.3) is 5.91 Å². The number of ether oxygens (including phenoxy) is 1. The molecule has 0 saturated carbocycles. The van der Waals surface area contributed by atoms with Crippen LogP contribution in [0.5, 0.6) is 0 Å². The van der Waals surface area contributed by atoms with Gasteiger partial charge < -0.3 is 20.3 Å². The molecule has 0 unspecified atom stereocenters. The Morgan fingerprint density at radius 3 is 2.39 bits per heavy atom. The normalized spacial score (nSPS) is 10.5. The van der Waals surface area contributed by atoms with Crippen molar-refractivity contribution in [3.63, 3.8) is 0 Å². The Morgan fingerprint density at radius 2 is 1.76 bits per heavy atom. The number of rotatable bonds is 6. The van der Waals surface area contributed by atoms with Gasteiger partial charge >= 0.3 is 5.97 Å². The summed E-state index contributed by atoms with van der Waals surface area (Å²) in [6, 6.07) is 15.3. The van der Waals surface area contributed by atoms with E-state index in [1.54, 1.807) is 32.8 Å². The fourth-order valence-corrected chi connectivity index (χ4v) is 5.43. The molecule has 0 saturated heterocycles. The van der Waals surface area contributed by atoms with E-state index in [1.165, 1.54) is 12.0 Å². The fourth-order valence-electron chi connectivity index (χ4n) is 2.90. The molecule has 2 aromatic carbocycles. The highest BCUT2D eigenvalue weighted by atomic mass is 35.5. The lowest BCUT2D eigenvalue weighted by Crippen LogP contribution is -2.21. The van der Waals surface area contributed by atoms with Gasteiger partial charge in [-0.3, -0.25) is 4.79 Å². The molecule has 0 aliphatic carbocycles. The topological polar surface area (TPSA) is 70.7 Å². The molecule has 2 N–H and O–H groups in total. The quantitative estimate of drug-likeness (QED) is 0.298. The van der Waals surface area contributed by atoms with E-state index in [0.717, 1.165) is 26.8 Å². The van der Waals surface area contributed by atoms with Crippen molar-refractivity contribution in [1.82, 2.24) is 4.90 Å². The monoisotopic (exact) mass is 519 g/mol. The summed E-state index contributed by atoms with van der Waals surface area (Å²) in [7, 11) is 4.62. The fraction of sp³-hybridized carbons (Fsp3) is 0.174. The second kappa shape index (κ2) is 11.0. The SMILES string of the molecule is COC(=O)c1c(NC(=S)Nc2ccccc2Sc2ccc(Cl)cc2)sc(C(=O)N(C)C)c1C. The zero-order valence-corrected chi connectivity index (χ0v) is 21.6. The Hall–Kier alpha value is -2.59. The lowest BCUT2D eigenvalue weighted by Gasteiger charge is -2.14. The standard InChI is InChI=1S/C23H22ClN3O3S3/c1-13-18(22(29)30-4)20(33-19(13)21(28)27(2)3)26-23(31)25-16-7-5-6-8-17(16)32-15-11-9-14(24)10-12-15/h5-12H,1-4H3,(H2,25,26,31). The number of anilines is 2. The zero-order valence-electron chi connectivity index (χ0n) is 18.4. The molecule has 0 atom stereocenters. The smallest absolute Gasteiger partial charge is 0.341 e. The van der Waals surface area contributed by atoms with Gasteiger partial charge in [0.1, 0.15) is 5.00 Å². The first kappa shape index (κ1) is 25.0. The van der Waals surface area contributed by atoms with Gasteiger partial charge in [0.05, 0.1) is 23.2 Å². The van der Waals surface area contributed by atoms with Crippen LogP contribution in [0.4, 0.5) is 10.7 Å². The van der Waals surface area contributed by atoms with Crippen molar-refractivity contribution in [3.05, 3.63) is 69.6 Å². The van der Waals surface area contributed by atoms with Crippen molar-refractivity contribution in [2.24, 2.45) is 0 Å². The molecule has 1 heterocycles. The first-order valence-corrected chi connectivity index (χ1v) is 12.2. The third-order valence-corrected chi connectivity index (χ3v) is 7.28. The number of nitrogens with zero attached hydrogens (tertiary/aromatic N) is 1. The number of amides is 1. The van der Waals surface area contributed by atoms with Crippen LogP contribution < -0.4 is 10.6 Å². The third-order valence-electron chi connectivity index (χ3n) is 4.54. The molecule has 0 bridgehead atoms. The van der Waals surface area contributed by atoms with E-state index in [9.17, 15) is 9.59 Å². The Morgan fingerprint density at radius 1 is 1.09 bits per heavy atom. The number of hydrogen-bond acceptors (Lipinski definition) is 6.